The standard InChI is InChI=1S/C15H21N5OS/c1-3-20-15(16-8-18-20)14(11-4-5-11)19-13(21)7-6-12-10(2)17-9-22-12/h8-9,11,14H,3-7H2,1-2H3,(H,19,21)/t14-/m0/s1. The molecule has 2 aromatic rings. The summed E-state index contributed by atoms with van der Waals surface area (Å²) in [6.07, 6.45) is 5.11. The number of carbonyl (C=O) groups is 1. The highest BCUT2D eigenvalue weighted by Crippen LogP contribution is 2.40. The summed E-state index contributed by atoms with van der Waals surface area (Å²) >= 11 is 1.62. The van der Waals surface area contributed by atoms with Gasteiger partial charge in [-0.15, -0.1) is 11.3 Å². The van der Waals surface area contributed by atoms with Crippen molar-refractivity contribution in [3.05, 3.63) is 28.2 Å². The number of nitrogens with one attached hydrogen (secondary N) is 1. The van der Waals surface area contributed by atoms with Gasteiger partial charge < -0.3 is 5.32 Å². The molecule has 7 heteroatoms. The Bertz CT molecular complexity index is 646. The summed E-state index contributed by atoms with van der Waals surface area (Å²) in [5, 5.41) is 7.38. The first-order valence-corrected chi connectivity index (χ1v) is 8.63. The highest BCUT2D eigenvalue weighted by molar-refractivity contribution is 7.09. The fourth-order valence-electron chi connectivity index (χ4n) is 2.62. The third kappa shape index (κ3) is 3.35. The Morgan fingerprint density at radius 2 is 2.32 bits per heavy atom. The van der Waals surface area contributed by atoms with Crippen LogP contribution in [-0.2, 0) is 17.8 Å². The fourth-order valence-corrected chi connectivity index (χ4v) is 3.40. The summed E-state index contributed by atoms with van der Waals surface area (Å²) in [5.41, 5.74) is 2.86. The summed E-state index contributed by atoms with van der Waals surface area (Å²) in [4.78, 5) is 22.1. The van der Waals surface area contributed by atoms with Crippen LogP contribution in [0.25, 0.3) is 0 Å². The maximum atomic E-state index is 12.3. The maximum absolute atomic E-state index is 12.3. The van der Waals surface area contributed by atoms with Gasteiger partial charge in [0.25, 0.3) is 0 Å². The van der Waals surface area contributed by atoms with Gasteiger partial charge in [0.2, 0.25) is 5.91 Å². The molecule has 1 fully saturated rings. The molecule has 1 atom stereocenters. The molecule has 2 heterocycles. The van der Waals surface area contributed by atoms with Crippen molar-refractivity contribution in [2.75, 3.05) is 0 Å². The van der Waals surface area contributed by atoms with E-state index in [-0.39, 0.29) is 11.9 Å². The van der Waals surface area contributed by atoms with Gasteiger partial charge in [0.05, 0.1) is 17.2 Å². The number of thiazole rings is 1. The Morgan fingerprint density at radius 3 is 2.95 bits per heavy atom. The van der Waals surface area contributed by atoms with Crippen molar-refractivity contribution in [3.63, 3.8) is 0 Å². The fraction of sp³-hybridized carbons (Fsp3) is 0.600. The number of aromatic nitrogens is 4. The molecule has 3 rings (SSSR count). The molecule has 2 aromatic heterocycles. The van der Waals surface area contributed by atoms with Crippen LogP contribution in [0.2, 0.25) is 0 Å². The van der Waals surface area contributed by atoms with Gasteiger partial charge in [0, 0.05) is 17.8 Å². The van der Waals surface area contributed by atoms with E-state index in [9.17, 15) is 4.79 Å². The molecule has 0 radical (unpaired) electrons. The van der Waals surface area contributed by atoms with E-state index in [1.54, 1.807) is 17.7 Å². The van der Waals surface area contributed by atoms with Crippen LogP contribution in [0.4, 0.5) is 0 Å². The summed E-state index contributed by atoms with van der Waals surface area (Å²) in [5.74, 6) is 1.46. The minimum absolute atomic E-state index is 0.00231. The summed E-state index contributed by atoms with van der Waals surface area (Å²) in [6.45, 7) is 4.80. The van der Waals surface area contributed by atoms with Gasteiger partial charge in [-0.2, -0.15) is 5.10 Å². The van der Waals surface area contributed by atoms with Crippen LogP contribution >= 0.6 is 11.3 Å². The number of aryl methyl sites for hydroxylation is 3. The van der Waals surface area contributed by atoms with E-state index in [1.807, 2.05) is 24.0 Å². The van der Waals surface area contributed by atoms with Gasteiger partial charge in [-0.1, -0.05) is 0 Å². The van der Waals surface area contributed by atoms with Crippen LogP contribution < -0.4 is 5.32 Å². The summed E-state index contributed by atoms with van der Waals surface area (Å²) < 4.78 is 1.87. The highest BCUT2D eigenvalue weighted by atomic mass is 32.1. The number of rotatable bonds is 7. The quantitative estimate of drug-likeness (QED) is 0.849. The largest absolute Gasteiger partial charge is 0.346 e. The van der Waals surface area contributed by atoms with Crippen molar-refractivity contribution in [1.29, 1.82) is 0 Å². The molecule has 1 aliphatic rings. The third-order valence-corrected chi connectivity index (χ3v) is 5.05. The molecule has 0 aromatic carbocycles. The first-order valence-electron chi connectivity index (χ1n) is 7.75. The molecule has 0 unspecified atom stereocenters. The van der Waals surface area contributed by atoms with Gasteiger partial charge in [0.1, 0.15) is 12.2 Å². The minimum Gasteiger partial charge on any atom is -0.346 e. The molecule has 0 aliphatic heterocycles. The van der Waals surface area contributed by atoms with Gasteiger partial charge >= 0.3 is 0 Å². The molecule has 1 amide bonds. The minimum atomic E-state index is -0.00231. The smallest absolute Gasteiger partial charge is 0.220 e. The Hall–Kier alpha value is -1.76. The predicted octanol–water partition coefficient (Wildman–Crippen LogP) is 2.26. The van der Waals surface area contributed by atoms with Crippen molar-refractivity contribution in [3.8, 4) is 0 Å². The predicted molar refractivity (Wildman–Crippen MR) is 84.5 cm³/mol. The lowest BCUT2D eigenvalue weighted by Crippen LogP contribution is -2.32. The molecule has 1 aliphatic carbocycles. The monoisotopic (exact) mass is 319 g/mol. The van der Waals surface area contributed by atoms with E-state index in [1.165, 1.54) is 4.88 Å². The van der Waals surface area contributed by atoms with Crippen LogP contribution in [0, 0.1) is 12.8 Å². The zero-order valence-electron chi connectivity index (χ0n) is 13.0. The molecule has 22 heavy (non-hydrogen) atoms. The Balaban J connectivity index is 1.62. The van der Waals surface area contributed by atoms with Crippen LogP contribution in [0.3, 0.4) is 0 Å². The average molecular weight is 319 g/mol. The number of nitrogens with zero attached hydrogens (tertiary/aromatic N) is 4. The average Bonchev–Trinajstić information content (AvgIpc) is 3.10. The molecule has 0 saturated heterocycles. The molecule has 118 valence electrons. The SMILES string of the molecule is CCn1ncnc1[C@@H](NC(=O)CCc1scnc1C)C1CC1. The topological polar surface area (TPSA) is 72.7 Å². The zero-order valence-corrected chi connectivity index (χ0v) is 13.8. The second kappa shape index (κ2) is 6.56. The van der Waals surface area contributed by atoms with E-state index in [0.717, 1.165) is 37.3 Å². The molecule has 6 nitrogen and oxygen atoms in total. The van der Waals surface area contributed by atoms with E-state index >= 15 is 0 Å². The van der Waals surface area contributed by atoms with Crippen molar-refractivity contribution < 1.29 is 4.79 Å². The zero-order chi connectivity index (χ0) is 15.5. The molecule has 0 bridgehead atoms. The number of hydrogen-bond acceptors (Lipinski definition) is 5. The second-order valence-electron chi connectivity index (χ2n) is 5.68. The number of hydrogen-bond donors (Lipinski definition) is 1. The molecule has 1 N–H and O–H groups in total. The second-order valence-corrected chi connectivity index (χ2v) is 6.62. The first kappa shape index (κ1) is 15.1. The highest BCUT2D eigenvalue weighted by Gasteiger charge is 2.36. The lowest BCUT2D eigenvalue weighted by atomic mass is 10.1. The molecule has 0 spiro atoms. The van der Waals surface area contributed by atoms with E-state index in [4.69, 9.17) is 0 Å². The van der Waals surface area contributed by atoms with E-state index in [2.05, 4.69) is 20.4 Å². The Morgan fingerprint density at radius 1 is 1.50 bits per heavy atom. The summed E-state index contributed by atoms with van der Waals surface area (Å²) in [7, 11) is 0. The van der Waals surface area contributed by atoms with E-state index in [0.29, 0.717) is 12.3 Å². The lowest BCUT2D eigenvalue weighted by molar-refractivity contribution is -0.122. The lowest BCUT2D eigenvalue weighted by Gasteiger charge is -2.18. The third-order valence-electron chi connectivity index (χ3n) is 4.06. The number of amides is 1. The van der Waals surface area contributed by atoms with Gasteiger partial charge in [-0.3, -0.25) is 4.79 Å². The van der Waals surface area contributed by atoms with Crippen molar-refractivity contribution >= 4 is 17.2 Å². The maximum Gasteiger partial charge on any atom is 0.220 e. The molecule has 1 saturated carbocycles. The normalized spacial score (nSPS) is 15.7. The van der Waals surface area contributed by atoms with Gasteiger partial charge in [-0.05, 0) is 39.0 Å². The van der Waals surface area contributed by atoms with Crippen molar-refractivity contribution in [2.45, 2.75) is 52.1 Å². The van der Waals surface area contributed by atoms with Crippen LogP contribution in [0.1, 0.15) is 48.6 Å². The Kier molecular flexibility index (Phi) is 4.52. The summed E-state index contributed by atoms with van der Waals surface area (Å²) in [6, 6.07) is -0.00231. The molecular weight excluding hydrogens is 298 g/mol. The van der Waals surface area contributed by atoms with Gasteiger partial charge in [0.15, 0.2) is 0 Å². The first-order chi connectivity index (χ1) is 10.7. The van der Waals surface area contributed by atoms with Gasteiger partial charge in [-0.25, -0.2) is 14.6 Å². The van der Waals surface area contributed by atoms with Crippen molar-refractivity contribution in [2.24, 2.45) is 5.92 Å². The van der Waals surface area contributed by atoms with E-state index < -0.39 is 0 Å². The molecular formula is C15H21N5OS. The van der Waals surface area contributed by atoms with Crippen LogP contribution in [0.5, 0.6) is 0 Å². The van der Waals surface area contributed by atoms with Crippen LogP contribution in [0.15, 0.2) is 11.8 Å². The van der Waals surface area contributed by atoms with Crippen molar-refractivity contribution in [1.82, 2.24) is 25.1 Å². The Labute approximate surface area is 134 Å². The number of carbonyl (C=O) groups excluding carboxylic acids is 1. The van der Waals surface area contributed by atoms with Crippen LogP contribution in [-0.4, -0.2) is 25.7 Å².